The van der Waals surface area contributed by atoms with E-state index in [1.54, 1.807) is 7.05 Å². The highest BCUT2D eigenvalue weighted by Crippen LogP contribution is 2.25. The lowest BCUT2D eigenvalue weighted by Gasteiger charge is -2.44. The van der Waals surface area contributed by atoms with Gasteiger partial charge < -0.3 is 10.3 Å². The van der Waals surface area contributed by atoms with Crippen LogP contribution in [0.2, 0.25) is 0 Å². The summed E-state index contributed by atoms with van der Waals surface area (Å²) in [6.07, 6.45) is 1.89. The minimum Gasteiger partial charge on any atom is -0.785 e. The molecule has 0 aliphatic carbocycles. The molecule has 0 heterocycles. The highest BCUT2D eigenvalue weighted by molar-refractivity contribution is 5.12. The number of nitrogens with zero attached hydrogens (tertiary/aromatic N) is 1. The third kappa shape index (κ3) is 2.31. The molecule has 0 saturated carbocycles. The van der Waals surface area contributed by atoms with Crippen LogP contribution in [0.1, 0.15) is 33.6 Å². The second-order valence-corrected chi connectivity index (χ2v) is 3.30. The van der Waals surface area contributed by atoms with Crippen molar-refractivity contribution in [3.8, 4) is 0 Å². The zero-order chi connectivity index (χ0) is 9.07. The predicted molar refractivity (Wildman–Crippen MR) is 49.3 cm³/mol. The molecule has 0 aromatic carbocycles. The molecule has 0 spiro atoms. The normalized spacial score (nSPS) is 16.5. The van der Waals surface area contributed by atoms with Crippen LogP contribution in [-0.2, 0) is 0 Å². The Morgan fingerprint density at radius 3 is 2.18 bits per heavy atom. The van der Waals surface area contributed by atoms with Crippen molar-refractivity contribution in [2.24, 2.45) is 0 Å². The molecule has 2 nitrogen and oxygen atoms in total. The fraction of sp³-hybridized carbons (Fsp3) is 0.778. The molecule has 11 heavy (non-hydrogen) atoms. The van der Waals surface area contributed by atoms with Crippen molar-refractivity contribution in [3.63, 3.8) is 0 Å². The Balaban J connectivity index is 4.38. The number of likely N-dealkylation sites (N-methyl/N-ethyl adjacent to an activating group) is 1. The minimum absolute atomic E-state index is 0.366. The van der Waals surface area contributed by atoms with E-state index in [1.165, 1.54) is 0 Å². The van der Waals surface area contributed by atoms with Crippen LogP contribution in [-0.4, -0.2) is 17.6 Å². The van der Waals surface area contributed by atoms with E-state index in [0.29, 0.717) is 0 Å². The Morgan fingerprint density at radius 2 is 2.09 bits per heavy atom. The van der Waals surface area contributed by atoms with Gasteiger partial charge in [-0.25, -0.2) is 0 Å². The summed E-state index contributed by atoms with van der Waals surface area (Å²) in [5.74, 6) is 0. The van der Waals surface area contributed by atoms with Crippen molar-refractivity contribution in [1.29, 1.82) is 0 Å². The molecule has 0 aliphatic heterocycles. The lowest BCUT2D eigenvalue weighted by Crippen LogP contribution is -2.40. The first-order chi connectivity index (χ1) is 4.95. The molecule has 0 aromatic rings. The molecule has 66 valence electrons. The van der Waals surface area contributed by atoms with E-state index < -0.39 is 0 Å². The largest absolute Gasteiger partial charge is 0.785 e. The van der Waals surface area contributed by atoms with Gasteiger partial charge in [-0.15, -0.1) is 0 Å². The van der Waals surface area contributed by atoms with E-state index in [9.17, 15) is 5.21 Å². The summed E-state index contributed by atoms with van der Waals surface area (Å²) < 4.78 is 0. The summed E-state index contributed by atoms with van der Waals surface area (Å²) >= 11 is 0. The molecule has 0 amide bonds. The zero-order valence-electron chi connectivity index (χ0n) is 7.98. The fourth-order valence-electron chi connectivity index (χ4n) is 1.13. The first-order valence-electron chi connectivity index (χ1n) is 4.02. The molecular weight excluding hydrogens is 138 g/mol. The molecular formula is C9H18NO-. The average molecular weight is 156 g/mol. The van der Waals surface area contributed by atoms with Gasteiger partial charge in [0, 0.05) is 5.54 Å². The van der Waals surface area contributed by atoms with E-state index >= 15 is 0 Å². The van der Waals surface area contributed by atoms with Gasteiger partial charge in [-0.3, -0.25) is 0 Å². The highest BCUT2D eigenvalue weighted by Gasteiger charge is 2.22. The minimum atomic E-state index is -0.366. The van der Waals surface area contributed by atoms with Crippen LogP contribution in [0, 0.1) is 5.21 Å². The van der Waals surface area contributed by atoms with E-state index in [4.69, 9.17) is 0 Å². The number of hydrogen-bond acceptors (Lipinski definition) is 2. The lowest BCUT2D eigenvalue weighted by molar-refractivity contribution is 0.229. The van der Waals surface area contributed by atoms with Gasteiger partial charge in [-0.05, 0) is 27.3 Å². The van der Waals surface area contributed by atoms with Crippen LogP contribution in [0.5, 0.6) is 0 Å². The molecule has 0 saturated heterocycles. The maximum atomic E-state index is 11.2. The van der Waals surface area contributed by atoms with Crippen molar-refractivity contribution < 1.29 is 0 Å². The smallest absolute Gasteiger partial charge is 0.0269 e. The molecule has 0 N–H and O–H groups in total. The number of hydroxylamine groups is 2. The summed E-state index contributed by atoms with van der Waals surface area (Å²) in [5.41, 5.74) is 0.575. The van der Waals surface area contributed by atoms with Crippen LogP contribution in [0.3, 0.4) is 0 Å². The molecule has 1 unspecified atom stereocenters. The molecule has 0 radical (unpaired) electrons. The van der Waals surface area contributed by atoms with Crippen LogP contribution in [0.4, 0.5) is 0 Å². The Kier molecular flexibility index (Phi) is 3.76. The van der Waals surface area contributed by atoms with Crippen LogP contribution in [0.15, 0.2) is 12.2 Å². The van der Waals surface area contributed by atoms with E-state index in [2.05, 4.69) is 13.5 Å². The summed E-state index contributed by atoms with van der Waals surface area (Å²) in [6, 6.07) is 0. The molecule has 1 atom stereocenters. The van der Waals surface area contributed by atoms with Crippen LogP contribution < -0.4 is 0 Å². The average Bonchev–Trinajstić information content (AvgIpc) is 1.87. The molecule has 0 bridgehead atoms. The Morgan fingerprint density at radius 1 is 1.64 bits per heavy atom. The Labute approximate surface area is 69.5 Å². The molecule has 0 fully saturated rings. The van der Waals surface area contributed by atoms with Crippen molar-refractivity contribution in [2.75, 3.05) is 7.05 Å². The third-order valence-corrected chi connectivity index (χ3v) is 2.35. The first-order valence-corrected chi connectivity index (χ1v) is 4.02. The SMILES string of the molecule is C=C(C)C(C)(CCC)N(C)[O-]. The maximum absolute atomic E-state index is 11.2. The summed E-state index contributed by atoms with van der Waals surface area (Å²) in [5, 5.41) is 12.2. The van der Waals surface area contributed by atoms with Crippen molar-refractivity contribution in [1.82, 2.24) is 5.06 Å². The molecule has 0 aromatic heterocycles. The quantitative estimate of drug-likeness (QED) is 0.462. The number of hydrogen-bond donors (Lipinski definition) is 0. The van der Waals surface area contributed by atoms with Gasteiger partial charge in [0.15, 0.2) is 0 Å². The first kappa shape index (κ1) is 10.7. The van der Waals surface area contributed by atoms with Crippen LogP contribution in [0.25, 0.3) is 0 Å². The summed E-state index contributed by atoms with van der Waals surface area (Å²) in [6.45, 7) is 9.74. The standard InChI is InChI=1S/C9H18NO/c1-6-7-9(4,8(2)3)10(5)11/h2,6-7H2,1,3-5H3/q-1. The topological polar surface area (TPSA) is 26.3 Å². The highest BCUT2D eigenvalue weighted by atomic mass is 16.5. The predicted octanol–water partition coefficient (Wildman–Crippen LogP) is 2.55. The third-order valence-electron chi connectivity index (χ3n) is 2.35. The molecule has 0 aliphatic rings. The monoisotopic (exact) mass is 156 g/mol. The second kappa shape index (κ2) is 3.88. The van der Waals surface area contributed by atoms with Crippen molar-refractivity contribution >= 4 is 0 Å². The van der Waals surface area contributed by atoms with Gasteiger partial charge in [0.1, 0.15) is 0 Å². The van der Waals surface area contributed by atoms with E-state index in [-0.39, 0.29) is 5.54 Å². The van der Waals surface area contributed by atoms with Gasteiger partial charge in [0.05, 0.1) is 0 Å². The molecule has 2 heteroatoms. The van der Waals surface area contributed by atoms with Gasteiger partial charge in [0.2, 0.25) is 0 Å². The molecule has 0 rings (SSSR count). The van der Waals surface area contributed by atoms with Crippen LogP contribution >= 0.6 is 0 Å². The van der Waals surface area contributed by atoms with Gasteiger partial charge in [0.25, 0.3) is 0 Å². The zero-order valence-corrected chi connectivity index (χ0v) is 7.98. The van der Waals surface area contributed by atoms with E-state index in [1.807, 2.05) is 13.8 Å². The van der Waals surface area contributed by atoms with Crippen molar-refractivity contribution in [2.45, 2.75) is 39.2 Å². The van der Waals surface area contributed by atoms with Gasteiger partial charge in [-0.1, -0.05) is 25.5 Å². The Hall–Kier alpha value is -0.340. The van der Waals surface area contributed by atoms with E-state index in [0.717, 1.165) is 23.5 Å². The maximum Gasteiger partial charge on any atom is 0.0269 e. The summed E-state index contributed by atoms with van der Waals surface area (Å²) in [7, 11) is 1.56. The fourth-order valence-corrected chi connectivity index (χ4v) is 1.13. The van der Waals surface area contributed by atoms with Gasteiger partial charge >= 0.3 is 0 Å². The van der Waals surface area contributed by atoms with Crippen molar-refractivity contribution in [3.05, 3.63) is 17.4 Å². The van der Waals surface area contributed by atoms with Gasteiger partial charge in [-0.2, -0.15) is 0 Å². The second-order valence-electron chi connectivity index (χ2n) is 3.30. The summed E-state index contributed by atoms with van der Waals surface area (Å²) in [4.78, 5) is 0. The Bertz CT molecular complexity index is 142. The number of rotatable bonds is 4. The lowest BCUT2D eigenvalue weighted by atomic mass is 9.89.